The van der Waals surface area contributed by atoms with E-state index in [0.717, 1.165) is 6.07 Å². The average Bonchev–Trinajstić information content (AvgIpc) is 2.70. The number of benzene rings is 2. The summed E-state index contributed by atoms with van der Waals surface area (Å²) in [6.45, 7) is 2.14. The first-order valence-corrected chi connectivity index (χ1v) is 12.7. The van der Waals surface area contributed by atoms with Gasteiger partial charge >= 0.3 is 0 Å². The molecular formula is C21H20F8O2Si. The van der Waals surface area contributed by atoms with Gasteiger partial charge < -0.3 is 0 Å². The second kappa shape index (κ2) is 11.3. The van der Waals surface area contributed by atoms with Crippen LogP contribution in [0.5, 0.6) is 0 Å². The molecule has 0 amide bonds. The Labute approximate surface area is 180 Å². The maximum absolute atomic E-state index is 14.1. The summed E-state index contributed by atoms with van der Waals surface area (Å²) in [5.74, 6) is -4.25. The third-order valence-corrected chi connectivity index (χ3v) is 6.27. The molecule has 0 radical (unpaired) electrons. The van der Waals surface area contributed by atoms with E-state index in [1.54, 1.807) is 19.6 Å². The molecule has 0 aliphatic rings. The molecule has 0 spiro atoms. The predicted octanol–water partition coefficient (Wildman–Crippen LogP) is 6.06. The van der Waals surface area contributed by atoms with Crippen molar-refractivity contribution in [2.24, 2.45) is 0 Å². The predicted molar refractivity (Wildman–Crippen MR) is 106 cm³/mol. The maximum Gasteiger partial charge on any atom is 0.157 e. The number of halogens is 8. The molecule has 176 valence electrons. The van der Waals surface area contributed by atoms with Crippen LogP contribution in [0.2, 0.25) is 19.6 Å². The van der Waals surface area contributed by atoms with Crippen LogP contribution in [0.25, 0.3) is 0 Å². The molecule has 0 aromatic heterocycles. The van der Waals surface area contributed by atoms with Gasteiger partial charge in [-0.25, -0.2) is 35.1 Å². The Morgan fingerprint density at radius 1 is 0.781 bits per heavy atom. The van der Waals surface area contributed by atoms with Gasteiger partial charge in [0.15, 0.2) is 24.9 Å². The van der Waals surface area contributed by atoms with Crippen LogP contribution in [0.4, 0.5) is 35.1 Å². The van der Waals surface area contributed by atoms with Gasteiger partial charge in [-0.1, -0.05) is 19.6 Å². The lowest BCUT2D eigenvalue weighted by Crippen LogP contribution is -2.43. The molecule has 0 fully saturated rings. The van der Waals surface area contributed by atoms with Crippen LogP contribution in [0, 0.1) is 23.3 Å². The van der Waals surface area contributed by atoms with Gasteiger partial charge in [0, 0.05) is 33.5 Å². The number of carbonyl (C=O) groups excluding carboxylic acids is 2. The van der Waals surface area contributed by atoms with Crippen LogP contribution >= 0.6 is 0 Å². The lowest BCUT2D eigenvalue weighted by atomic mass is 10.0. The quantitative estimate of drug-likeness (QED) is 0.272. The summed E-state index contributed by atoms with van der Waals surface area (Å²) < 4.78 is 104. The largest absolute Gasteiger partial charge is 0.298 e. The first-order valence-electron chi connectivity index (χ1n) is 9.15. The fourth-order valence-corrected chi connectivity index (χ4v) is 4.52. The fraction of sp³-hybridized carbons (Fsp3) is 0.333. The number of hydrogen-bond donors (Lipinski definition) is 0. The van der Waals surface area contributed by atoms with Crippen molar-refractivity contribution >= 4 is 25.8 Å². The van der Waals surface area contributed by atoms with Crippen molar-refractivity contribution in [3.05, 3.63) is 63.7 Å². The first-order chi connectivity index (χ1) is 14.8. The van der Waals surface area contributed by atoms with Crippen LogP contribution in [0.1, 0.15) is 44.2 Å². The Kier molecular flexibility index (Phi) is 9.74. The number of alkyl halides is 4. The van der Waals surface area contributed by atoms with E-state index in [1.165, 1.54) is 0 Å². The Hall–Kier alpha value is -2.56. The Bertz CT molecular complexity index is 975. The van der Waals surface area contributed by atoms with Crippen molar-refractivity contribution in [1.29, 1.82) is 0 Å². The minimum absolute atomic E-state index is 0.0870. The van der Waals surface area contributed by atoms with Gasteiger partial charge in [0.05, 0.1) is 8.07 Å². The van der Waals surface area contributed by atoms with E-state index >= 15 is 0 Å². The van der Waals surface area contributed by atoms with E-state index in [9.17, 15) is 44.7 Å². The highest BCUT2D eigenvalue weighted by Gasteiger charge is 2.31. The second-order valence-electron chi connectivity index (χ2n) is 7.67. The molecule has 11 heteroatoms. The Morgan fingerprint density at radius 2 is 1.25 bits per heavy atom. The number of hydrogen-bond acceptors (Lipinski definition) is 2. The molecule has 0 saturated heterocycles. The summed E-state index contributed by atoms with van der Waals surface area (Å²) in [4.78, 5) is 21.0. The molecule has 2 rings (SSSR count). The highest BCUT2D eigenvalue weighted by Crippen LogP contribution is 2.27. The van der Waals surface area contributed by atoms with Crippen molar-refractivity contribution in [2.75, 3.05) is 13.3 Å². The number of aldehydes is 2. The van der Waals surface area contributed by atoms with Gasteiger partial charge in [0.2, 0.25) is 0 Å². The molecule has 2 aromatic rings. The number of carbonyl (C=O) groups is 2. The van der Waals surface area contributed by atoms with E-state index in [1.807, 2.05) is 0 Å². The summed E-state index contributed by atoms with van der Waals surface area (Å²) in [6.07, 6.45) is -4.27. The van der Waals surface area contributed by atoms with E-state index in [0.29, 0.717) is 12.1 Å². The van der Waals surface area contributed by atoms with Crippen molar-refractivity contribution in [3.63, 3.8) is 0 Å². The maximum atomic E-state index is 14.1. The van der Waals surface area contributed by atoms with Crippen molar-refractivity contribution in [3.8, 4) is 0 Å². The minimum atomic E-state index is -2.40. The molecule has 2 unspecified atom stereocenters. The summed E-state index contributed by atoms with van der Waals surface area (Å²) >= 11 is 0. The first kappa shape index (κ1) is 27.5. The molecule has 2 aromatic carbocycles. The highest BCUT2D eigenvalue weighted by atomic mass is 28.3. The summed E-state index contributed by atoms with van der Waals surface area (Å²) in [7, 11) is -2.40. The topological polar surface area (TPSA) is 34.1 Å². The molecule has 0 aliphatic carbocycles. The van der Waals surface area contributed by atoms with Gasteiger partial charge in [-0.2, -0.15) is 0 Å². The van der Waals surface area contributed by atoms with Crippen LogP contribution in [0.15, 0.2) is 18.2 Å². The van der Waals surface area contributed by atoms with Crippen molar-refractivity contribution in [2.45, 2.75) is 32.0 Å². The molecule has 2 atom stereocenters. The fourth-order valence-electron chi connectivity index (χ4n) is 2.94. The third kappa shape index (κ3) is 6.24. The van der Waals surface area contributed by atoms with Crippen LogP contribution in [-0.4, -0.2) is 34.0 Å². The van der Waals surface area contributed by atoms with Crippen molar-refractivity contribution < 1.29 is 44.7 Å². The van der Waals surface area contributed by atoms with Gasteiger partial charge in [-0.15, -0.1) is 0 Å². The summed E-state index contributed by atoms with van der Waals surface area (Å²) in [6, 6.07) is 1.85. The molecule has 2 nitrogen and oxygen atoms in total. The molecule has 0 bridgehead atoms. The van der Waals surface area contributed by atoms with Gasteiger partial charge in [0.1, 0.15) is 36.6 Å². The number of rotatable bonds is 7. The third-order valence-electron chi connectivity index (χ3n) is 4.32. The lowest BCUT2D eigenvalue weighted by Gasteiger charge is -2.21. The molecule has 0 aliphatic heterocycles. The minimum Gasteiger partial charge on any atom is -0.298 e. The Balaban J connectivity index is 0.000000330. The molecule has 0 N–H and O–H groups in total. The molecular weight excluding hydrogens is 464 g/mol. The summed E-state index contributed by atoms with van der Waals surface area (Å²) in [5, 5.41) is -0.209. The molecule has 0 saturated carbocycles. The lowest BCUT2D eigenvalue weighted by molar-refractivity contribution is 0.111. The van der Waals surface area contributed by atoms with E-state index in [4.69, 9.17) is 0 Å². The zero-order valence-electron chi connectivity index (χ0n) is 17.3. The molecule has 0 heterocycles. The Morgan fingerprint density at radius 3 is 1.69 bits per heavy atom. The van der Waals surface area contributed by atoms with E-state index in [2.05, 4.69) is 0 Å². The normalized spacial score (nSPS) is 13.1. The zero-order valence-corrected chi connectivity index (χ0v) is 18.3. The van der Waals surface area contributed by atoms with Gasteiger partial charge in [-0.3, -0.25) is 9.59 Å². The van der Waals surface area contributed by atoms with Crippen LogP contribution in [0.3, 0.4) is 0 Å². The SMILES string of the molecule is C[Si](C)(C)c1c(F)cc(C=O)c(C(F)CF)c1F.O=Cc1cc(F)cc(F)c1C(F)CF. The molecule has 32 heavy (non-hydrogen) atoms. The average molecular weight is 484 g/mol. The zero-order chi connectivity index (χ0) is 24.8. The van der Waals surface area contributed by atoms with E-state index < -0.39 is 79.3 Å². The highest BCUT2D eigenvalue weighted by molar-refractivity contribution is 6.88. The smallest absolute Gasteiger partial charge is 0.157 e. The standard InChI is InChI=1S/C12H14F4OSi.C9H6F4O/c1-18(2,3)12-8(14)4-7(6-17)10(11(12)16)9(15)5-13;10-3-8(13)9-5(4-14)1-6(11)2-7(9)12/h4,6,9H,5H2,1-3H3;1-2,4,8H,3H2. The second-order valence-corrected chi connectivity index (χ2v) is 12.7. The van der Waals surface area contributed by atoms with Gasteiger partial charge in [-0.05, 0) is 12.1 Å². The van der Waals surface area contributed by atoms with Crippen LogP contribution in [-0.2, 0) is 0 Å². The van der Waals surface area contributed by atoms with Crippen molar-refractivity contribution in [1.82, 2.24) is 0 Å². The van der Waals surface area contributed by atoms with Gasteiger partial charge in [0.25, 0.3) is 0 Å². The summed E-state index contributed by atoms with van der Waals surface area (Å²) in [5.41, 5.74) is -2.39. The van der Waals surface area contributed by atoms with E-state index in [-0.39, 0.29) is 17.8 Å². The monoisotopic (exact) mass is 484 g/mol. The van der Waals surface area contributed by atoms with Crippen LogP contribution < -0.4 is 5.19 Å².